The van der Waals surface area contributed by atoms with E-state index in [0.29, 0.717) is 12.2 Å². The van der Waals surface area contributed by atoms with Gasteiger partial charge in [-0.15, -0.1) is 0 Å². The molecule has 0 bridgehead atoms. The molecule has 0 saturated heterocycles. The van der Waals surface area contributed by atoms with Gasteiger partial charge >= 0.3 is 5.97 Å². The van der Waals surface area contributed by atoms with Crippen molar-refractivity contribution in [2.75, 3.05) is 6.61 Å². The minimum atomic E-state index is -0.291. The molecule has 0 spiro atoms. The Morgan fingerprint density at radius 3 is 2.25 bits per heavy atom. The Morgan fingerprint density at radius 1 is 0.964 bits per heavy atom. The summed E-state index contributed by atoms with van der Waals surface area (Å²) in [6.45, 7) is 4.24. The van der Waals surface area contributed by atoms with Crippen molar-refractivity contribution >= 4 is 17.3 Å². The number of hydrogen-bond donors (Lipinski definition) is 0. The molecule has 28 heavy (non-hydrogen) atoms. The SMILES string of the molecule is CCOC(=O)c1c(-c2ccsc2)c(C)n(-c2ccccc2)c1-c1ccccc1. The van der Waals surface area contributed by atoms with E-state index in [-0.39, 0.29) is 5.97 Å². The van der Waals surface area contributed by atoms with Gasteiger partial charge in [-0.25, -0.2) is 4.79 Å². The van der Waals surface area contributed by atoms with Crippen LogP contribution in [0.1, 0.15) is 23.0 Å². The molecule has 4 rings (SSSR count). The Labute approximate surface area is 168 Å². The third-order valence-corrected chi connectivity index (χ3v) is 5.44. The van der Waals surface area contributed by atoms with Crippen LogP contribution in [0.4, 0.5) is 0 Å². The summed E-state index contributed by atoms with van der Waals surface area (Å²) < 4.78 is 7.65. The molecule has 0 unspecified atom stereocenters. The zero-order chi connectivity index (χ0) is 19.5. The molecule has 140 valence electrons. The van der Waals surface area contributed by atoms with Crippen molar-refractivity contribution in [2.24, 2.45) is 0 Å². The fourth-order valence-electron chi connectivity index (χ4n) is 3.62. The first-order chi connectivity index (χ1) is 13.7. The van der Waals surface area contributed by atoms with E-state index in [9.17, 15) is 4.79 Å². The van der Waals surface area contributed by atoms with E-state index >= 15 is 0 Å². The summed E-state index contributed by atoms with van der Waals surface area (Å²) in [5, 5.41) is 4.11. The van der Waals surface area contributed by atoms with Crippen molar-refractivity contribution in [1.29, 1.82) is 0 Å². The van der Waals surface area contributed by atoms with E-state index in [0.717, 1.165) is 33.8 Å². The number of ether oxygens (including phenoxy) is 1. The molecule has 2 aromatic heterocycles. The first-order valence-corrected chi connectivity index (χ1v) is 10.2. The number of carbonyl (C=O) groups excluding carboxylic acids is 1. The Hall–Kier alpha value is -3.11. The summed E-state index contributed by atoms with van der Waals surface area (Å²) in [5.41, 5.74) is 6.48. The maximum absolute atomic E-state index is 13.1. The number of para-hydroxylation sites is 1. The number of nitrogens with zero attached hydrogens (tertiary/aromatic N) is 1. The number of rotatable bonds is 5. The zero-order valence-corrected chi connectivity index (χ0v) is 16.7. The molecule has 0 N–H and O–H groups in total. The Morgan fingerprint density at radius 2 is 1.64 bits per heavy atom. The molecule has 0 atom stereocenters. The quantitative estimate of drug-likeness (QED) is 0.373. The minimum Gasteiger partial charge on any atom is -0.462 e. The molecule has 2 aromatic carbocycles. The summed E-state index contributed by atoms with van der Waals surface area (Å²) in [6, 6.07) is 22.2. The average Bonchev–Trinajstić information content (AvgIpc) is 3.35. The van der Waals surface area contributed by atoms with Crippen molar-refractivity contribution in [3.05, 3.63) is 88.7 Å². The van der Waals surface area contributed by atoms with Crippen molar-refractivity contribution in [1.82, 2.24) is 4.57 Å². The smallest absolute Gasteiger partial charge is 0.340 e. The number of aromatic nitrogens is 1. The zero-order valence-electron chi connectivity index (χ0n) is 15.9. The van der Waals surface area contributed by atoms with Crippen LogP contribution >= 0.6 is 11.3 Å². The second-order valence-corrected chi connectivity index (χ2v) is 7.23. The molecule has 0 aliphatic carbocycles. The predicted molar refractivity (Wildman–Crippen MR) is 115 cm³/mol. The first-order valence-electron chi connectivity index (χ1n) is 9.28. The van der Waals surface area contributed by atoms with Crippen LogP contribution in [0.25, 0.3) is 28.1 Å². The van der Waals surface area contributed by atoms with E-state index in [1.807, 2.05) is 60.8 Å². The van der Waals surface area contributed by atoms with Gasteiger partial charge in [0.15, 0.2) is 0 Å². The minimum absolute atomic E-state index is 0.291. The van der Waals surface area contributed by atoms with Crippen LogP contribution in [-0.4, -0.2) is 17.1 Å². The highest BCUT2D eigenvalue weighted by molar-refractivity contribution is 7.08. The van der Waals surface area contributed by atoms with Crippen LogP contribution in [-0.2, 0) is 4.74 Å². The van der Waals surface area contributed by atoms with Crippen LogP contribution < -0.4 is 0 Å². The number of hydrogen-bond acceptors (Lipinski definition) is 3. The van der Waals surface area contributed by atoms with Crippen LogP contribution in [0.15, 0.2) is 77.5 Å². The fraction of sp³-hybridized carbons (Fsp3) is 0.125. The Bertz CT molecular complexity index is 1080. The molecular weight excluding hydrogens is 366 g/mol. The fourth-order valence-corrected chi connectivity index (χ4v) is 4.27. The van der Waals surface area contributed by atoms with Gasteiger partial charge in [0.1, 0.15) is 0 Å². The van der Waals surface area contributed by atoms with Crippen molar-refractivity contribution in [3.8, 4) is 28.1 Å². The van der Waals surface area contributed by atoms with Crippen LogP contribution in [0, 0.1) is 6.92 Å². The summed E-state index contributed by atoms with van der Waals surface area (Å²) in [4.78, 5) is 13.1. The lowest BCUT2D eigenvalue weighted by Crippen LogP contribution is -2.07. The number of carbonyl (C=O) groups is 1. The van der Waals surface area contributed by atoms with E-state index in [2.05, 4.69) is 35.1 Å². The molecule has 4 aromatic rings. The molecule has 0 saturated carbocycles. The van der Waals surface area contributed by atoms with Crippen molar-refractivity contribution < 1.29 is 9.53 Å². The lowest BCUT2D eigenvalue weighted by atomic mass is 10.00. The topological polar surface area (TPSA) is 31.2 Å². The Balaban J connectivity index is 2.11. The number of thiophene rings is 1. The molecule has 2 heterocycles. The van der Waals surface area contributed by atoms with E-state index in [1.54, 1.807) is 11.3 Å². The van der Waals surface area contributed by atoms with E-state index in [1.165, 1.54) is 0 Å². The highest BCUT2D eigenvalue weighted by Gasteiger charge is 2.29. The van der Waals surface area contributed by atoms with Crippen LogP contribution in [0.5, 0.6) is 0 Å². The van der Waals surface area contributed by atoms with Gasteiger partial charge in [-0.2, -0.15) is 11.3 Å². The van der Waals surface area contributed by atoms with Gasteiger partial charge in [0, 0.05) is 16.9 Å². The first kappa shape index (κ1) is 18.3. The van der Waals surface area contributed by atoms with Gasteiger partial charge in [0.05, 0.1) is 17.9 Å². The molecule has 0 radical (unpaired) electrons. The van der Waals surface area contributed by atoms with Crippen LogP contribution in [0.3, 0.4) is 0 Å². The normalized spacial score (nSPS) is 10.8. The van der Waals surface area contributed by atoms with Crippen molar-refractivity contribution in [3.63, 3.8) is 0 Å². The maximum Gasteiger partial charge on any atom is 0.340 e. The van der Waals surface area contributed by atoms with Gasteiger partial charge in [0.2, 0.25) is 0 Å². The molecule has 0 aliphatic rings. The highest BCUT2D eigenvalue weighted by Crippen LogP contribution is 2.41. The lowest BCUT2D eigenvalue weighted by molar-refractivity contribution is 0.0528. The third kappa shape index (κ3) is 3.16. The second-order valence-electron chi connectivity index (χ2n) is 6.45. The summed E-state index contributed by atoms with van der Waals surface area (Å²) >= 11 is 1.62. The molecule has 0 amide bonds. The van der Waals surface area contributed by atoms with Gasteiger partial charge in [-0.05, 0) is 53.9 Å². The van der Waals surface area contributed by atoms with Gasteiger partial charge in [-0.1, -0.05) is 48.5 Å². The molecular formula is C24H21NO2S. The maximum atomic E-state index is 13.1. The third-order valence-electron chi connectivity index (χ3n) is 4.76. The largest absolute Gasteiger partial charge is 0.462 e. The molecule has 4 heteroatoms. The summed E-state index contributed by atoms with van der Waals surface area (Å²) in [7, 11) is 0. The standard InChI is InChI=1S/C24H21NO2S/c1-3-27-24(26)22-21(19-14-15-28-16-19)17(2)25(20-12-8-5-9-13-20)23(22)18-10-6-4-7-11-18/h4-16H,3H2,1-2H3. The van der Waals surface area contributed by atoms with Gasteiger partial charge in [0.25, 0.3) is 0 Å². The van der Waals surface area contributed by atoms with E-state index in [4.69, 9.17) is 4.74 Å². The van der Waals surface area contributed by atoms with E-state index < -0.39 is 0 Å². The number of benzene rings is 2. The summed E-state index contributed by atoms with van der Waals surface area (Å²) in [5.74, 6) is -0.291. The number of esters is 1. The molecule has 0 fully saturated rings. The van der Waals surface area contributed by atoms with Crippen LogP contribution in [0.2, 0.25) is 0 Å². The average molecular weight is 388 g/mol. The lowest BCUT2D eigenvalue weighted by Gasteiger charge is -2.13. The van der Waals surface area contributed by atoms with Gasteiger partial charge < -0.3 is 9.30 Å². The summed E-state index contributed by atoms with van der Waals surface area (Å²) in [6.07, 6.45) is 0. The molecule has 3 nitrogen and oxygen atoms in total. The second kappa shape index (κ2) is 7.87. The van der Waals surface area contributed by atoms with Gasteiger partial charge in [-0.3, -0.25) is 0 Å². The Kier molecular flexibility index (Phi) is 5.13. The van der Waals surface area contributed by atoms with Crippen molar-refractivity contribution in [2.45, 2.75) is 13.8 Å². The molecule has 0 aliphatic heterocycles. The monoisotopic (exact) mass is 387 g/mol. The highest BCUT2D eigenvalue weighted by atomic mass is 32.1. The predicted octanol–water partition coefficient (Wildman–Crippen LogP) is 6.36.